The monoisotopic (exact) mass is 375 g/mol. The van der Waals surface area contributed by atoms with E-state index in [2.05, 4.69) is 10.6 Å². The standard InChI is InChI=1S/C20H29N3O4/c1-14(2)18(22-19(25)15-6-8-16(27-3)9-7-15)20(26)21-11-10-17(24)23-12-4-5-13-23/h6-9,14,18H,4-5,10-13H2,1-3H3,(H,21,26)(H,22,25). The first-order chi connectivity index (χ1) is 12.9. The van der Waals surface area contributed by atoms with Gasteiger partial charge < -0.3 is 20.3 Å². The fourth-order valence-corrected chi connectivity index (χ4v) is 3.03. The Balaban J connectivity index is 1.86. The number of nitrogens with one attached hydrogen (secondary N) is 2. The average molecular weight is 375 g/mol. The van der Waals surface area contributed by atoms with Gasteiger partial charge in [0.15, 0.2) is 0 Å². The summed E-state index contributed by atoms with van der Waals surface area (Å²) in [4.78, 5) is 38.8. The Kier molecular flexibility index (Phi) is 7.64. The zero-order valence-corrected chi connectivity index (χ0v) is 16.3. The van der Waals surface area contributed by atoms with Crippen LogP contribution in [0.3, 0.4) is 0 Å². The van der Waals surface area contributed by atoms with Crippen molar-refractivity contribution >= 4 is 17.7 Å². The molecule has 148 valence electrons. The molecule has 7 heteroatoms. The Bertz CT molecular complexity index is 652. The van der Waals surface area contributed by atoms with Crippen LogP contribution in [0.1, 0.15) is 43.5 Å². The van der Waals surface area contributed by atoms with E-state index in [1.807, 2.05) is 18.7 Å². The molecular formula is C20H29N3O4. The third kappa shape index (κ3) is 5.98. The maximum absolute atomic E-state index is 12.5. The zero-order valence-electron chi connectivity index (χ0n) is 16.3. The lowest BCUT2D eigenvalue weighted by Gasteiger charge is -2.22. The molecule has 3 amide bonds. The van der Waals surface area contributed by atoms with Crippen molar-refractivity contribution in [2.24, 2.45) is 5.92 Å². The molecule has 1 aromatic carbocycles. The van der Waals surface area contributed by atoms with Gasteiger partial charge in [0.2, 0.25) is 11.8 Å². The van der Waals surface area contributed by atoms with Crippen LogP contribution in [-0.4, -0.2) is 55.4 Å². The summed E-state index contributed by atoms with van der Waals surface area (Å²) in [5.74, 6) is 0.0470. The number of rotatable bonds is 8. The molecule has 2 N–H and O–H groups in total. The molecule has 0 aromatic heterocycles. The highest BCUT2D eigenvalue weighted by Crippen LogP contribution is 2.12. The van der Waals surface area contributed by atoms with Crippen LogP contribution in [0, 0.1) is 5.92 Å². The number of methoxy groups -OCH3 is 1. The van der Waals surface area contributed by atoms with Crippen LogP contribution in [0.15, 0.2) is 24.3 Å². The topological polar surface area (TPSA) is 87.7 Å². The summed E-state index contributed by atoms with van der Waals surface area (Å²) in [5.41, 5.74) is 0.457. The number of amides is 3. The molecule has 1 heterocycles. The summed E-state index contributed by atoms with van der Waals surface area (Å²) < 4.78 is 5.08. The van der Waals surface area contributed by atoms with Gasteiger partial charge in [-0.2, -0.15) is 0 Å². The lowest BCUT2D eigenvalue weighted by molar-refractivity contribution is -0.130. The number of ether oxygens (including phenoxy) is 1. The number of hydrogen-bond donors (Lipinski definition) is 2. The van der Waals surface area contributed by atoms with E-state index in [-0.39, 0.29) is 36.6 Å². The number of likely N-dealkylation sites (tertiary alicyclic amines) is 1. The average Bonchev–Trinajstić information content (AvgIpc) is 3.20. The van der Waals surface area contributed by atoms with E-state index in [4.69, 9.17) is 4.74 Å². The molecule has 1 aliphatic heterocycles. The third-order valence-corrected chi connectivity index (χ3v) is 4.68. The van der Waals surface area contributed by atoms with Gasteiger partial charge in [-0.15, -0.1) is 0 Å². The van der Waals surface area contributed by atoms with E-state index in [1.54, 1.807) is 31.4 Å². The first kappa shape index (κ1) is 20.7. The number of carbonyl (C=O) groups is 3. The number of benzene rings is 1. The largest absolute Gasteiger partial charge is 0.497 e. The molecule has 1 aromatic rings. The van der Waals surface area contributed by atoms with Crippen LogP contribution in [0.25, 0.3) is 0 Å². The van der Waals surface area contributed by atoms with Crippen molar-refractivity contribution in [2.75, 3.05) is 26.7 Å². The fourth-order valence-electron chi connectivity index (χ4n) is 3.03. The van der Waals surface area contributed by atoms with E-state index in [9.17, 15) is 14.4 Å². The summed E-state index contributed by atoms with van der Waals surface area (Å²) in [6.07, 6.45) is 2.37. The second kappa shape index (κ2) is 9.94. The summed E-state index contributed by atoms with van der Waals surface area (Å²) in [6.45, 7) is 5.62. The SMILES string of the molecule is COc1ccc(C(=O)NC(C(=O)NCCC(=O)N2CCCC2)C(C)C)cc1. The molecule has 0 radical (unpaired) electrons. The number of nitrogens with zero attached hydrogens (tertiary/aromatic N) is 1. The van der Waals surface area contributed by atoms with Crippen molar-refractivity contribution in [3.05, 3.63) is 29.8 Å². The normalized spacial score (nSPS) is 14.7. The molecular weight excluding hydrogens is 346 g/mol. The molecule has 0 saturated carbocycles. The highest BCUT2D eigenvalue weighted by Gasteiger charge is 2.25. The summed E-state index contributed by atoms with van der Waals surface area (Å²) >= 11 is 0. The lowest BCUT2D eigenvalue weighted by Crippen LogP contribution is -2.50. The minimum Gasteiger partial charge on any atom is -0.497 e. The molecule has 1 fully saturated rings. The molecule has 0 spiro atoms. The molecule has 0 aliphatic carbocycles. The Morgan fingerprint density at radius 1 is 1.11 bits per heavy atom. The van der Waals surface area contributed by atoms with Gasteiger partial charge in [0.05, 0.1) is 7.11 Å². The van der Waals surface area contributed by atoms with Crippen molar-refractivity contribution < 1.29 is 19.1 Å². The van der Waals surface area contributed by atoms with E-state index in [0.717, 1.165) is 25.9 Å². The molecule has 2 rings (SSSR count). The van der Waals surface area contributed by atoms with Crippen LogP contribution in [0.5, 0.6) is 5.75 Å². The van der Waals surface area contributed by atoms with Gasteiger partial charge in [-0.3, -0.25) is 14.4 Å². The molecule has 1 aliphatic rings. The van der Waals surface area contributed by atoms with Gasteiger partial charge in [-0.25, -0.2) is 0 Å². The minimum absolute atomic E-state index is 0.0659. The van der Waals surface area contributed by atoms with Crippen LogP contribution < -0.4 is 15.4 Å². The summed E-state index contributed by atoms with van der Waals surface area (Å²) in [6, 6.07) is 6.03. The summed E-state index contributed by atoms with van der Waals surface area (Å²) in [7, 11) is 1.56. The fraction of sp³-hybridized carbons (Fsp3) is 0.550. The van der Waals surface area contributed by atoms with E-state index < -0.39 is 6.04 Å². The smallest absolute Gasteiger partial charge is 0.251 e. The maximum atomic E-state index is 12.5. The van der Waals surface area contributed by atoms with Crippen molar-refractivity contribution in [3.63, 3.8) is 0 Å². The summed E-state index contributed by atoms with van der Waals surface area (Å²) in [5, 5.41) is 5.55. The van der Waals surface area contributed by atoms with E-state index in [1.165, 1.54) is 0 Å². The Morgan fingerprint density at radius 2 is 1.74 bits per heavy atom. The number of carbonyl (C=O) groups excluding carboxylic acids is 3. The van der Waals surface area contributed by atoms with Gasteiger partial charge in [0.25, 0.3) is 5.91 Å². The molecule has 1 atom stereocenters. The Hall–Kier alpha value is -2.57. The van der Waals surface area contributed by atoms with Crippen LogP contribution >= 0.6 is 0 Å². The first-order valence-electron chi connectivity index (χ1n) is 9.42. The highest BCUT2D eigenvalue weighted by molar-refractivity contribution is 5.97. The third-order valence-electron chi connectivity index (χ3n) is 4.68. The minimum atomic E-state index is -0.665. The predicted octanol–water partition coefficient (Wildman–Crippen LogP) is 1.58. The Morgan fingerprint density at radius 3 is 2.30 bits per heavy atom. The van der Waals surface area contributed by atoms with Crippen LogP contribution in [-0.2, 0) is 9.59 Å². The second-order valence-corrected chi connectivity index (χ2v) is 7.05. The molecule has 7 nitrogen and oxygen atoms in total. The zero-order chi connectivity index (χ0) is 19.8. The van der Waals surface area contributed by atoms with Gasteiger partial charge in [0.1, 0.15) is 11.8 Å². The van der Waals surface area contributed by atoms with Gasteiger partial charge in [-0.05, 0) is 43.0 Å². The molecule has 1 unspecified atom stereocenters. The second-order valence-electron chi connectivity index (χ2n) is 7.05. The van der Waals surface area contributed by atoms with Gasteiger partial charge in [0, 0.05) is 31.6 Å². The highest BCUT2D eigenvalue weighted by atomic mass is 16.5. The van der Waals surface area contributed by atoms with Gasteiger partial charge >= 0.3 is 0 Å². The van der Waals surface area contributed by atoms with Crippen molar-refractivity contribution in [3.8, 4) is 5.75 Å². The molecule has 0 bridgehead atoms. The van der Waals surface area contributed by atoms with Crippen molar-refractivity contribution in [2.45, 2.75) is 39.2 Å². The Labute approximate surface area is 160 Å². The van der Waals surface area contributed by atoms with Crippen LogP contribution in [0.2, 0.25) is 0 Å². The van der Waals surface area contributed by atoms with Crippen molar-refractivity contribution in [1.29, 1.82) is 0 Å². The van der Waals surface area contributed by atoms with Crippen molar-refractivity contribution in [1.82, 2.24) is 15.5 Å². The number of hydrogen-bond acceptors (Lipinski definition) is 4. The lowest BCUT2D eigenvalue weighted by atomic mass is 10.0. The predicted molar refractivity (Wildman–Crippen MR) is 103 cm³/mol. The van der Waals surface area contributed by atoms with E-state index >= 15 is 0 Å². The first-order valence-corrected chi connectivity index (χ1v) is 9.42. The van der Waals surface area contributed by atoms with Crippen LogP contribution in [0.4, 0.5) is 0 Å². The maximum Gasteiger partial charge on any atom is 0.251 e. The molecule has 1 saturated heterocycles. The van der Waals surface area contributed by atoms with E-state index in [0.29, 0.717) is 11.3 Å². The molecule has 27 heavy (non-hydrogen) atoms. The quantitative estimate of drug-likeness (QED) is 0.722. The van der Waals surface area contributed by atoms with Gasteiger partial charge in [-0.1, -0.05) is 13.8 Å².